The number of anilines is 1. The molecule has 0 amide bonds. The Kier molecular flexibility index (Phi) is 4.52. The van der Waals surface area contributed by atoms with Gasteiger partial charge in [-0.25, -0.2) is 0 Å². The highest BCUT2D eigenvalue weighted by Gasteiger charge is 2.17. The normalized spacial score (nSPS) is 19.9. The van der Waals surface area contributed by atoms with Crippen LogP contribution in [0.1, 0.15) is 30.4 Å². The Morgan fingerprint density at radius 3 is 2.72 bits per heavy atom. The minimum absolute atomic E-state index is 0.598. The smallest absolute Gasteiger partial charge is 0.0644 e. The molecule has 2 nitrogen and oxygen atoms in total. The molecule has 1 aromatic carbocycles. The number of hydrogen-bond acceptors (Lipinski definition) is 2. The second-order valence-electron chi connectivity index (χ2n) is 5.44. The molecule has 1 atom stereocenters. The molecule has 1 unspecified atom stereocenters. The van der Waals surface area contributed by atoms with Crippen molar-refractivity contribution in [2.24, 2.45) is 0 Å². The average Bonchev–Trinajstić information content (AvgIpc) is 2.28. The highest BCUT2D eigenvalue weighted by Crippen LogP contribution is 2.30. The number of aryl methyl sites for hydroxylation is 2. The van der Waals surface area contributed by atoms with Crippen LogP contribution in [0.2, 0.25) is 5.02 Å². The summed E-state index contributed by atoms with van der Waals surface area (Å²) in [7, 11) is 2.14. The molecule has 0 saturated carbocycles. The van der Waals surface area contributed by atoms with Crippen LogP contribution in [-0.2, 0) is 0 Å². The number of likely N-dealkylation sites (N-methyl/N-ethyl adjacent to an activating group) is 1. The van der Waals surface area contributed by atoms with E-state index in [0.29, 0.717) is 6.04 Å². The average molecular weight is 267 g/mol. The molecule has 1 aromatic rings. The van der Waals surface area contributed by atoms with Crippen LogP contribution in [0.5, 0.6) is 0 Å². The molecule has 1 fully saturated rings. The first-order valence-electron chi connectivity index (χ1n) is 6.79. The standard InChI is InChI=1S/C15H23ClN2/c1-11-8-12(2)15(14(16)9-11)18(3)10-13-6-4-5-7-17-13/h8-9,13,17H,4-7,10H2,1-3H3. The van der Waals surface area contributed by atoms with Gasteiger partial charge in [0.05, 0.1) is 10.7 Å². The Morgan fingerprint density at radius 2 is 2.11 bits per heavy atom. The van der Waals surface area contributed by atoms with Crippen LogP contribution in [0.4, 0.5) is 5.69 Å². The van der Waals surface area contributed by atoms with Crippen LogP contribution >= 0.6 is 11.6 Å². The number of benzene rings is 1. The third-order valence-corrected chi connectivity index (χ3v) is 3.97. The first-order valence-corrected chi connectivity index (χ1v) is 7.17. The zero-order valence-corrected chi connectivity index (χ0v) is 12.3. The first kappa shape index (κ1) is 13.7. The zero-order chi connectivity index (χ0) is 13.1. The lowest BCUT2D eigenvalue weighted by Gasteiger charge is -2.30. The Hall–Kier alpha value is -0.730. The van der Waals surface area contributed by atoms with Crippen LogP contribution < -0.4 is 10.2 Å². The molecule has 0 radical (unpaired) electrons. The van der Waals surface area contributed by atoms with Crippen molar-refractivity contribution < 1.29 is 0 Å². The Morgan fingerprint density at radius 1 is 1.33 bits per heavy atom. The van der Waals surface area contributed by atoms with Crippen LogP contribution in [0, 0.1) is 13.8 Å². The van der Waals surface area contributed by atoms with Crippen molar-refractivity contribution in [3.63, 3.8) is 0 Å². The summed E-state index contributed by atoms with van der Waals surface area (Å²) >= 11 is 6.39. The van der Waals surface area contributed by atoms with Gasteiger partial charge in [0.25, 0.3) is 0 Å². The molecular formula is C15H23ClN2. The molecule has 1 N–H and O–H groups in total. The Bertz CT molecular complexity index is 388. The number of piperidine rings is 1. The van der Waals surface area contributed by atoms with E-state index in [0.717, 1.165) is 18.1 Å². The van der Waals surface area contributed by atoms with E-state index in [1.54, 1.807) is 0 Å². The summed E-state index contributed by atoms with van der Waals surface area (Å²) in [6.07, 6.45) is 3.92. The largest absolute Gasteiger partial charge is 0.372 e. The molecule has 1 saturated heterocycles. The van der Waals surface area contributed by atoms with Gasteiger partial charge in [0.15, 0.2) is 0 Å². The molecule has 3 heteroatoms. The van der Waals surface area contributed by atoms with Crippen LogP contribution in [0.25, 0.3) is 0 Å². The van der Waals surface area contributed by atoms with E-state index in [1.165, 1.54) is 36.1 Å². The van der Waals surface area contributed by atoms with Gasteiger partial charge in [-0.3, -0.25) is 0 Å². The second-order valence-corrected chi connectivity index (χ2v) is 5.85. The molecule has 100 valence electrons. The van der Waals surface area contributed by atoms with E-state index in [9.17, 15) is 0 Å². The Balaban J connectivity index is 2.10. The van der Waals surface area contributed by atoms with Crippen LogP contribution in [-0.4, -0.2) is 26.2 Å². The number of halogens is 1. The number of nitrogens with zero attached hydrogens (tertiary/aromatic N) is 1. The predicted octanol–water partition coefficient (Wildman–Crippen LogP) is 3.54. The molecular weight excluding hydrogens is 244 g/mol. The van der Waals surface area contributed by atoms with Crippen LogP contribution in [0.3, 0.4) is 0 Å². The molecule has 2 rings (SSSR count). The molecule has 18 heavy (non-hydrogen) atoms. The van der Waals surface area contributed by atoms with Gasteiger partial charge < -0.3 is 10.2 Å². The fourth-order valence-corrected chi connectivity index (χ4v) is 3.36. The lowest BCUT2D eigenvalue weighted by molar-refractivity contribution is 0.403. The second kappa shape index (κ2) is 5.94. The maximum absolute atomic E-state index is 6.39. The van der Waals surface area contributed by atoms with Crippen molar-refractivity contribution in [3.05, 3.63) is 28.3 Å². The fraction of sp³-hybridized carbons (Fsp3) is 0.600. The van der Waals surface area contributed by atoms with Crippen molar-refractivity contribution in [3.8, 4) is 0 Å². The number of hydrogen-bond donors (Lipinski definition) is 1. The molecule has 1 heterocycles. The Labute approximate surface area is 115 Å². The summed E-state index contributed by atoms with van der Waals surface area (Å²) in [4.78, 5) is 2.29. The van der Waals surface area contributed by atoms with Crippen molar-refractivity contribution in [2.45, 2.75) is 39.2 Å². The van der Waals surface area contributed by atoms with Crippen molar-refractivity contribution >= 4 is 17.3 Å². The van der Waals surface area contributed by atoms with Crippen LogP contribution in [0.15, 0.2) is 12.1 Å². The van der Waals surface area contributed by atoms with E-state index in [2.05, 4.69) is 43.2 Å². The van der Waals surface area contributed by atoms with E-state index < -0.39 is 0 Å². The molecule has 1 aliphatic rings. The minimum atomic E-state index is 0.598. The molecule has 0 bridgehead atoms. The van der Waals surface area contributed by atoms with Gasteiger partial charge in [-0.15, -0.1) is 0 Å². The maximum atomic E-state index is 6.39. The fourth-order valence-electron chi connectivity index (χ4n) is 2.89. The zero-order valence-electron chi connectivity index (χ0n) is 11.6. The van der Waals surface area contributed by atoms with E-state index >= 15 is 0 Å². The van der Waals surface area contributed by atoms with Gasteiger partial charge in [-0.2, -0.15) is 0 Å². The number of nitrogens with one attached hydrogen (secondary N) is 1. The summed E-state index contributed by atoms with van der Waals surface area (Å²) in [6, 6.07) is 4.85. The summed E-state index contributed by atoms with van der Waals surface area (Å²) in [5.41, 5.74) is 3.67. The highest BCUT2D eigenvalue weighted by molar-refractivity contribution is 6.33. The molecule has 0 aliphatic carbocycles. The lowest BCUT2D eigenvalue weighted by atomic mass is 10.0. The molecule has 0 aromatic heterocycles. The summed E-state index contributed by atoms with van der Waals surface area (Å²) in [5, 5.41) is 4.45. The van der Waals surface area contributed by atoms with Gasteiger partial charge >= 0.3 is 0 Å². The third kappa shape index (κ3) is 3.18. The highest BCUT2D eigenvalue weighted by atomic mass is 35.5. The predicted molar refractivity (Wildman–Crippen MR) is 79.8 cm³/mol. The van der Waals surface area contributed by atoms with E-state index in [-0.39, 0.29) is 0 Å². The lowest BCUT2D eigenvalue weighted by Crippen LogP contribution is -2.42. The van der Waals surface area contributed by atoms with Crippen molar-refractivity contribution in [1.29, 1.82) is 0 Å². The summed E-state index contributed by atoms with van der Waals surface area (Å²) < 4.78 is 0. The first-order chi connectivity index (χ1) is 8.58. The summed E-state index contributed by atoms with van der Waals surface area (Å²) in [6.45, 7) is 6.41. The molecule has 0 spiro atoms. The SMILES string of the molecule is Cc1cc(C)c(N(C)CC2CCCCN2)c(Cl)c1. The molecule has 1 aliphatic heterocycles. The quantitative estimate of drug-likeness (QED) is 0.900. The minimum Gasteiger partial charge on any atom is -0.372 e. The van der Waals surface area contributed by atoms with E-state index in [4.69, 9.17) is 11.6 Å². The topological polar surface area (TPSA) is 15.3 Å². The summed E-state index contributed by atoms with van der Waals surface area (Å²) in [5.74, 6) is 0. The number of rotatable bonds is 3. The van der Waals surface area contributed by atoms with Crippen molar-refractivity contribution in [1.82, 2.24) is 5.32 Å². The van der Waals surface area contributed by atoms with E-state index in [1.807, 2.05) is 0 Å². The monoisotopic (exact) mass is 266 g/mol. The maximum Gasteiger partial charge on any atom is 0.0644 e. The third-order valence-electron chi connectivity index (χ3n) is 3.69. The van der Waals surface area contributed by atoms with Gasteiger partial charge in [0, 0.05) is 19.6 Å². The van der Waals surface area contributed by atoms with Gasteiger partial charge in [-0.1, -0.05) is 24.1 Å². The van der Waals surface area contributed by atoms with Crippen molar-refractivity contribution in [2.75, 3.05) is 25.0 Å². The van der Waals surface area contributed by atoms with Gasteiger partial charge in [-0.05, 0) is 50.4 Å². The van der Waals surface area contributed by atoms with Gasteiger partial charge in [0.1, 0.15) is 0 Å². The van der Waals surface area contributed by atoms with Gasteiger partial charge in [0.2, 0.25) is 0 Å².